The van der Waals surface area contributed by atoms with Crippen LogP contribution in [-0.2, 0) is 0 Å². The third kappa shape index (κ3) is 3.02. The average molecular weight is 335 g/mol. The van der Waals surface area contributed by atoms with E-state index in [1.807, 2.05) is 11.8 Å². The molecule has 3 aliphatic rings. The molecule has 0 spiro atoms. The molecule has 0 aliphatic carbocycles. The maximum Gasteiger partial charge on any atom is 0.0687 e. The van der Waals surface area contributed by atoms with Gasteiger partial charge in [0.25, 0.3) is 0 Å². The van der Waals surface area contributed by atoms with Gasteiger partial charge in [-0.1, -0.05) is 6.07 Å². The summed E-state index contributed by atoms with van der Waals surface area (Å²) in [6.45, 7) is 2.48. The fourth-order valence-corrected chi connectivity index (χ4v) is 6.17. The summed E-state index contributed by atoms with van der Waals surface area (Å²) in [7, 11) is 2.29. The Bertz CT molecular complexity index is 528. The van der Waals surface area contributed by atoms with Crippen LogP contribution in [0.25, 0.3) is 0 Å². The van der Waals surface area contributed by atoms with E-state index in [1.54, 1.807) is 5.56 Å². The highest BCUT2D eigenvalue weighted by Crippen LogP contribution is 2.42. The Kier molecular flexibility index (Phi) is 4.61. The molecular formula is C18H26N2S2. The van der Waals surface area contributed by atoms with E-state index in [4.69, 9.17) is 0 Å². The van der Waals surface area contributed by atoms with Gasteiger partial charge in [-0.3, -0.25) is 0 Å². The molecule has 0 amide bonds. The number of hydrogen-bond acceptors (Lipinski definition) is 4. The molecule has 2 saturated heterocycles. The van der Waals surface area contributed by atoms with Gasteiger partial charge in [0.15, 0.2) is 0 Å². The van der Waals surface area contributed by atoms with Crippen molar-refractivity contribution >= 4 is 29.2 Å². The van der Waals surface area contributed by atoms with E-state index in [-0.39, 0.29) is 0 Å². The molecule has 0 unspecified atom stereocenters. The van der Waals surface area contributed by atoms with E-state index in [2.05, 4.69) is 46.8 Å². The van der Waals surface area contributed by atoms with Crippen molar-refractivity contribution < 1.29 is 0 Å². The Labute approximate surface area is 143 Å². The number of thioether (sulfide) groups is 2. The normalized spacial score (nSPS) is 26.6. The maximum absolute atomic E-state index is 2.63. The molecule has 0 radical (unpaired) electrons. The van der Waals surface area contributed by atoms with E-state index in [9.17, 15) is 0 Å². The van der Waals surface area contributed by atoms with Gasteiger partial charge in [-0.05, 0) is 74.4 Å². The van der Waals surface area contributed by atoms with Gasteiger partial charge >= 0.3 is 0 Å². The number of benzene rings is 1. The van der Waals surface area contributed by atoms with Crippen molar-refractivity contribution in [1.82, 2.24) is 4.90 Å². The highest BCUT2D eigenvalue weighted by atomic mass is 32.2. The fraction of sp³-hybridized carbons (Fsp3) is 0.667. The first-order valence-electron chi connectivity index (χ1n) is 8.61. The van der Waals surface area contributed by atoms with Gasteiger partial charge < -0.3 is 9.80 Å². The quantitative estimate of drug-likeness (QED) is 0.814. The molecule has 1 atom stereocenters. The number of fused-ring (bicyclic) bond motifs is 1. The zero-order valence-corrected chi connectivity index (χ0v) is 15.1. The molecule has 1 aromatic carbocycles. The number of anilines is 1. The molecule has 1 aromatic rings. The largest absolute Gasteiger partial charge is 0.359 e. The van der Waals surface area contributed by atoms with E-state index >= 15 is 0 Å². The van der Waals surface area contributed by atoms with Crippen LogP contribution in [0.4, 0.5) is 5.69 Å². The van der Waals surface area contributed by atoms with Crippen molar-refractivity contribution in [3.8, 4) is 0 Å². The molecule has 4 rings (SSSR count). The summed E-state index contributed by atoms with van der Waals surface area (Å²) < 4.78 is 0. The predicted molar refractivity (Wildman–Crippen MR) is 99.5 cm³/mol. The first kappa shape index (κ1) is 15.2. The van der Waals surface area contributed by atoms with Gasteiger partial charge in [0, 0.05) is 17.5 Å². The van der Waals surface area contributed by atoms with E-state index in [1.165, 1.54) is 60.9 Å². The molecule has 22 heavy (non-hydrogen) atoms. The maximum atomic E-state index is 2.63. The third-order valence-electron chi connectivity index (χ3n) is 5.49. The highest BCUT2D eigenvalue weighted by molar-refractivity contribution is 8.00. The molecule has 3 heterocycles. The summed E-state index contributed by atoms with van der Waals surface area (Å²) in [5.41, 5.74) is 3.10. The Morgan fingerprint density at radius 3 is 2.82 bits per heavy atom. The number of nitrogens with zero attached hydrogens (tertiary/aromatic N) is 2. The SMILES string of the molecule is CN1CCC[C@@H]1CN1CSc2ccc(C3CCSCC3)cc21. The minimum atomic E-state index is 0.751. The van der Waals surface area contributed by atoms with Crippen LogP contribution in [0, 0.1) is 0 Å². The molecule has 2 nitrogen and oxygen atoms in total. The van der Waals surface area contributed by atoms with Crippen LogP contribution in [-0.4, -0.2) is 48.5 Å². The fourth-order valence-electron chi connectivity index (χ4n) is 4.02. The van der Waals surface area contributed by atoms with Gasteiger partial charge in [0.1, 0.15) is 0 Å². The summed E-state index contributed by atoms with van der Waals surface area (Å²) >= 11 is 4.14. The van der Waals surface area contributed by atoms with Crippen molar-refractivity contribution in [2.75, 3.05) is 42.4 Å². The zero-order chi connectivity index (χ0) is 14.9. The van der Waals surface area contributed by atoms with Gasteiger partial charge in [-0.25, -0.2) is 0 Å². The van der Waals surface area contributed by atoms with E-state index in [0.29, 0.717) is 0 Å². The van der Waals surface area contributed by atoms with Gasteiger partial charge in [-0.2, -0.15) is 11.8 Å². The van der Waals surface area contributed by atoms with Gasteiger partial charge in [0.05, 0.1) is 11.6 Å². The second-order valence-corrected chi connectivity index (χ2v) is 9.10. The molecule has 0 bridgehead atoms. The minimum Gasteiger partial charge on any atom is -0.359 e. The molecule has 0 N–H and O–H groups in total. The second kappa shape index (κ2) is 6.66. The Hall–Kier alpha value is -0.320. The van der Waals surface area contributed by atoms with Crippen LogP contribution in [0.3, 0.4) is 0 Å². The van der Waals surface area contributed by atoms with Crippen LogP contribution < -0.4 is 4.90 Å². The number of likely N-dealkylation sites (tertiary alicyclic amines) is 1. The van der Waals surface area contributed by atoms with E-state index < -0.39 is 0 Å². The predicted octanol–water partition coefficient (Wildman–Crippen LogP) is 4.26. The zero-order valence-electron chi connectivity index (χ0n) is 13.5. The molecule has 0 saturated carbocycles. The van der Waals surface area contributed by atoms with Crippen molar-refractivity contribution in [2.45, 2.75) is 42.5 Å². The monoisotopic (exact) mass is 334 g/mol. The Balaban J connectivity index is 1.52. The number of likely N-dealkylation sites (N-methyl/N-ethyl adjacent to an activating group) is 1. The standard InChI is InChI=1S/C18H26N2S2/c1-19-8-2-3-16(19)12-20-13-22-18-5-4-15(11-17(18)20)14-6-9-21-10-7-14/h4-5,11,14,16H,2-3,6-10,12-13H2,1H3/t16-/m1/s1. The first-order valence-corrected chi connectivity index (χ1v) is 10.7. The Morgan fingerprint density at radius 1 is 1.18 bits per heavy atom. The van der Waals surface area contributed by atoms with Gasteiger partial charge in [0.2, 0.25) is 0 Å². The number of rotatable bonds is 3. The van der Waals surface area contributed by atoms with Crippen molar-refractivity contribution in [3.63, 3.8) is 0 Å². The van der Waals surface area contributed by atoms with Crippen LogP contribution >= 0.6 is 23.5 Å². The minimum absolute atomic E-state index is 0.751. The molecule has 120 valence electrons. The molecule has 0 aromatic heterocycles. The Morgan fingerprint density at radius 2 is 2.05 bits per heavy atom. The molecule has 2 fully saturated rings. The summed E-state index contributed by atoms with van der Waals surface area (Å²) in [4.78, 5) is 6.67. The summed E-state index contributed by atoms with van der Waals surface area (Å²) in [5.74, 6) is 4.62. The van der Waals surface area contributed by atoms with Crippen LogP contribution in [0.5, 0.6) is 0 Å². The van der Waals surface area contributed by atoms with Crippen molar-refractivity contribution in [1.29, 1.82) is 0 Å². The van der Waals surface area contributed by atoms with Crippen LogP contribution in [0.1, 0.15) is 37.2 Å². The molecule has 3 aliphatic heterocycles. The first-order chi connectivity index (χ1) is 10.8. The number of hydrogen-bond donors (Lipinski definition) is 0. The topological polar surface area (TPSA) is 6.48 Å². The lowest BCUT2D eigenvalue weighted by Crippen LogP contribution is -2.37. The van der Waals surface area contributed by atoms with Crippen LogP contribution in [0.2, 0.25) is 0 Å². The van der Waals surface area contributed by atoms with Crippen molar-refractivity contribution in [3.05, 3.63) is 23.8 Å². The lowest BCUT2D eigenvalue weighted by atomic mass is 9.93. The molecular weight excluding hydrogens is 308 g/mol. The molecule has 4 heteroatoms. The lowest BCUT2D eigenvalue weighted by molar-refractivity contribution is 0.314. The smallest absolute Gasteiger partial charge is 0.0687 e. The lowest BCUT2D eigenvalue weighted by Gasteiger charge is -2.28. The highest BCUT2D eigenvalue weighted by Gasteiger charge is 2.28. The average Bonchev–Trinajstić information content (AvgIpc) is 3.15. The second-order valence-electron chi connectivity index (χ2n) is 6.89. The summed E-state index contributed by atoms with van der Waals surface area (Å²) in [6.07, 6.45) is 5.46. The third-order valence-corrected chi connectivity index (χ3v) is 7.64. The van der Waals surface area contributed by atoms with Crippen LogP contribution in [0.15, 0.2) is 23.1 Å². The van der Waals surface area contributed by atoms with Gasteiger partial charge in [-0.15, -0.1) is 11.8 Å². The summed E-state index contributed by atoms with van der Waals surface area (Å²) in [5, 5.41) is 0. The van der Waals surface area contributed by atoms with Crippen molar-refractivity contribution in [2.24, 2.45) is 0 Å². The summed E-state index contributed by atoms with van der Waals surface area (Å²) in [6, 6.07) is 8.05. The van der Waals surface area contributed by atoms with E-state index in [0.717, 1.165) is 17.8 Å².